The van der Waals surface area contributed by atoms with Crippen LogP contribution in [-0.2, 0) is 19.7 Å². The molecule has 1 amide bonds. The summed E-state index contributed by atoms with van der Waals surface area (Å²) in [4.78, 5) is 20.7. The first-order valence-electron chi connectivity index (χ1n) is 7.40. The summed E-state index contributed by atoms with van der Waals surface area (Å²) in [5.41, 5.74) is -0.827. The van der Waals surface area contributed by atoms with Crippen LogP contribution >= 0.6 is 11.3 Å². The molecule has 0 saturated heterocycles. The fraction of sp³-hybridized carbons (Fsp3) is 0.400. The number of hydrogen-bond donors (Lipinski definition) is 2. The minimum absolute atomic E-state index is 0. The molecule has 2 aromatic heterocycles. The number of carbonyl (C=O) groups excluding carboxylic acids is 1. The normalized spacial score (nSPS) is 13.6. The Labute approximate surface area is 168 Å². The molecule has 2 N–H and O–H groups in total. The minimum Gasteiger partial charge on any atom is -0.813 e. The smallest absolute Gasteiger partial charge is 0.813 e. The van der Waals surface area contributed by atoms with Gasteiger partial charge in [-0.1, -0.05) is 0 Å². The average Bonchev–Trinajstić information content (AvgIpc) is 2.97. The summed E-state index contributed by atoms with van der Waals surface area (Å²) >= 11 is 3.79. The fourth-order valence-electron chi connectivity index (χ4n) is 2.13. The van der Waals surface area contributed by atoms with Crippen molar-refractivity contribution < 1.29 is 18.0 Å². The summed E-state index contributed by atoms with van der Waals surface area (Å²) in [5.74, 6) is -0.693. The standard InChI is InChI=1S/C15H16F3N4OS.Al.H2S/c1-4-19-9(3)14-21-7-11(24-14)13(23)22-12-5-10(15(16,17)18)8(2)6-20-12;;/h4-7,9,19H,1-3H3,(H,20,22,23);;1H2/q;+1;/p-1. The summed E-state index contributed by atoms with van der Waals surface area (Å²) in [5, 5.41) is 6.33. The molecule has 0 aliphatic rings. The van der Waals surface area contributed by atoms with Crippen LogP contribution in [0.2, 0.25) is 0 Å². The summed E-state index contributed by atoms with van der Waals surface area (Å²) in [7, 11) is 0. The average molecular weight is 417 g/mol. The van der Waals surface area contributed by atoms with Crippen molar-refractivity contribution in [3.8, 4) is 0 Å². The molecule has 5 nitrogen and oxygen atoms in total. The van der Waals surface area contributed by atoms with Crippen molar-refractivity contribution in [2.75, 3.05) is 5.32 Å². The first kappa shape index (κ1) is 22.9. The molecule has 2 rings (SSSR count). The van der Waals surface area contributed by atoms with E-state index in [1.807, 2.05) is 13.8 Å². The zero-order valence-electron chi connectivity index (χ0n) is 14.3. The predicted octanol–water partition coefficient (Wildman–Crippen LogP) is 3.01. The SMILES string of the molecule is Cc1cnc(NC(=O)c2cnc(C(C)N[CH](C)[Al+])s2)cc1C(F)(F)F.[SH-]. The van der Waals surface area contributed by atoms with E-state index in [-0.39, 0.29) is 35.8 Å². The van der Waals surface area contributed by atoms with Gasteiger partial charge in [0.2, 0.25) is 0 Å². The number of alkyl halides is 3. The van der Waals surface area contributed by atoms with Crippen LogP contribution in [0.3, 0.4) is 0 Å². The quantitative estimate of drug-likeness (QED) is 0.445. The van der Waals surface area contributed by atoms with Gasteiger partial charge in [-0.2, -0.15) is 13.2 Å². The maximum atomic E-state index is 12.9. The van der Waals surface area contributed by atoms with E-state index in [0.717, 1.165) is 12.3 Å². The Bertz CT molecular complexity index is 768. The van der Waals surface area contributed by atoms with Gasteiger partial charge in [-0.25, -0.2) is 0 Å². The molecule has 0 aromatic carbocycles. The number of thiazole rings is 1. The number of thiol groups is 1. The molecule has 0 aliphatic heterocycles. The second-order valence-electron chi connectivity index (χ2n) is 5.58. The van der Waals surface area contributed by atoms with Crippen LogP contribution in [0.15, 0.2) is 18.5 Å². The Hall–Kier alpha value is -1.12. The predicted molar refractivity (Wildman–Crippen MR) is 99.6 cm³/mol. The third-order valence-corrected chi connectivity index (χ3v) is 4.65. The minimum atomic E-state index is -4.50. The van der Waals surface area contributed by atoms with Gasteiger partial charge in [0.1, 0.15) is 0 Å². The number of aromatic nitrogens is 2. The number of anilines is 1. The Morgan fingerprint density at radius 1 is 1.27 bits per heavy atom. The second-order valence-corrected chi connectivity index (χ2v) is 7.64. The van der Waals surface area contributed by atoms with E-state index in [0.29, 0.717) is 9.88 Å². The van der Waals surface area contributed by atoms with Crippen molar-refractivity contribution in [2.45, 2.75) is 37.9 Å². The first-order valence-corrected chi connectivity index (χ1v) is 8.88. The van der Waals surface area contributed by atoms with Gasteiger partial charge in [0.05, 0.1) is 0 Å². The van der Waals surface area contributed by atoms with E-state index in [2.05, 4.69) is 36.9 Å². The molecule has 2 atom stereocenters. The number of hydrogen-bond acceptors (Lipinski definition) is 6. The molecule has 0 aliphatic carbocycles. The van der Waals surface area contributed by atoms with E-state index >= 15 is 0 Å². The number of rotatable bonds is 5. The van der Waals surface area contributed by atoms with E-state index in [1.54, 1.807) is 0 Å². The number of aryl methyl sites for hydroxylation is 1. The van der Waals surface area contributed by atoms with E-state index in [1.165, 1.54) is 24.5 Å². The number of carbonyl (C=O) groups is 1. The number of halogens is 3. The molecule has 2 heterocycles. The Morgan fingerprint density at radius 3 is 2.50 bits per heavy atom. The molecular formula is C15H17AlF3N4OS2. The zero-order chi connectivity index (χ0) is 18.8. The molecule has 0 spiro atoms. The van der Waals surface area contributed by atoms with Gasteiger partial charge >= 0.3 is 135 Å². The summed E-state index contributed by atoms with van der Waals surface area (Å²) in [6, 6.07) is 0.781. The third kappa shape index (κ3) is 5.96. The topological polar surface area (TPSA) is 66.9 Å². The number of nitrogens with one attached hydrogen (secondary N) is 2. The molecule has 0 fully saturated rings. The van der Waals surface area contributed by atoms with Crippen molar-refractivity contribution in [1.82, 2.24) is 15.3 Å². The van der Waals surface area contributed by atoms with E-state index < -0.39 is 17.6 Å². The number of pyridine rings is 1. The monoisotopic (exact) mass is 417 g/mol. The first-order chi connectivity index (χ1) is 11.6. The van der Waals surface area contributed by atoms with Gasteiger partial charge in [0, 0.05) is 0 Å². The van der Waals surface area contributed by atoms with Crippen LogP contribution in [0.1, 0.15) is 45.7 Å². The van der Waals surface area contributed by atoms with Crippen LogP contribution < -0.4 is 10.6 Å². The maximum absolute atomic E-state index is 12.9. The van der Waals surface area contributed by atoms with Gasteiger partial charge in [-0.05, 0) is 6.92 Å². The second kappa shape index (κ2) is 9.19. The van der Waals surface area contributed by atoms with Gasteiger partial charge in [0.15, 0.2) is 0 Å². The summed E-state index contributed by atoms with van der Waals surface area (Å²) < 4.78 is 38.8. The van der Waals surface area contributed by atoms with Crippen molar-refractivity contribution >= 4 is 52.8 Å². The summed E-state index contributed by atoms with van der Waals surface area (Å²) in [6.07, 6.45) is -2.01. The Balaban J connectivity index is 0.00000338. The van der Waals surface area contributed by atoms with Crippen LogP contribution in [0.4, 0.5) is 19.0 Å². The van der Waals surface area contributed by atoms with Crippen molar-refractivity contribution in [3.05, 3.63) is 39.5 Å². The number of amides is 1. The van der Waals surface area contributed by atoms with Gasteiger partial charge in [-0.3, -0.25) is 0 Å². The molecular weight excluding hydrogens is 400 g/mol. The van der Waals surface area contributed by atoms with Crippen LogP contribution in [0, 0.1) is 6.92 Å². The molecule has 0 bridgehead atoms. The van der Waals surface area contributed by atoms with Gasteiger partial charge < -0.3 is 13.5 Å². The molecule has 0 saturated carbocycles. The molecule has 11 heteroatoms. The van der Waals surface area contributed by atoms with Gasteiger partial charge in [-0.15, -0.1) is 0 Å². The molecule has 139 valence electrons. The zero-order valence-corrected chi connectivity index (χ0v) is 17.1. The molecule has 2 unspecified atom stereocenters. The van der Waals surface area contributed by atoms with Crippen molar-refractivity contribution in [3.63, 3.8) is 0 Å². The van der Waals surface area contributed by atoms with Crippen molar-refractivity contribution in [2.24, 2.45) is 0 Å². The van der Waals surface area contributed by atoms with Crippen LogP contribution in [0.25, 0.3) is 0 Å². The van der Waals surface area contributed by atoms with E-state index in [4.69, 9.17) is 0 Å². The summed E-state index contributed by atoms with van der Waals surface area (Å²) in [6.45, 7) is 5.19. The van der Waals surface area contributed by atoms with Crippen molar-refractivity contribution in [1.29, 1.82) is 0 Å². The van der Waals surface area contributed by atoms with Crippen LogP contribution in [0.5, 0.6) is 0 Å². The molecule has 26 heavy (non-hydrogen) atoms. The third-order valence-electron chi connectivity index (χ3n) is 3.28. The number of nitrogens with zero attached hydrogens (tertiary/aromatic N) is 2. The fourth-order valence-corrected chi connectivity index (χ4v) is 3.25. The van der Waals surface area contributed by atoms with Gasteiger partial charge in [0.25, 0.3) is 0 Å². The molecule has 1 radical (unpaired) electrons. The van der Waals surface area contributed by atoms with Crippen LogP contribution in [-0.4, -0.2) is 37.1 Å². The molecule has 2 aromatic rings. The Morgan fingerprint density at radius 2 is 1.92 bits per heavy atom. The van der Waals surface area contributed by atoms with E-state index in [9.17, 15) is 18.0 Å². The Kier molecular flexibility index (Phi) is 8.10.